The quantitative estimate of drug-likeness (QED) is 0.430. The molecule has 7 rings (SSSR count). The molecule has 1 spiro atoms. The summed E-state index contributed by atoms with van der Waals surface area (Å²) in [5, 5.41) is 37.5. The van der Waals surface area contributed by atoms with E-state index in [0.29, 0.717) is 25.3 Å². The Morgan fingerprint density at radius 2 is 2.03 bits per heavy atom. The SMILES string of the molecule is COC(=O)c1cc(F)ccc1NC(=O)C1=C(O)[C@@H]2Oc3c(O)ccc4c3[C@@]23CCN(CC2CC2)[C@H](C4)[C@]3(O)C1. The van der Waals surface area contributed by atoms with Crippen molar-refractivity contribution in [3.8, 4) is 11.5 Å². The van der Waals surface area contributed by atoms with Gasteiger partial charge in [0.1, 0.15) is 11.6 Å². The molecule has 2 fully saturated rings. The highest BCUT2D eigenvalue weighted by Crippen LogP contribution is 2.66. The number of hydrogen-bond acceptors (Lipinski definition) is 8. The van der Waals surface area contributed by atoms with Crippen LogP contribution in [0.3, 0.4) is 0 Å². The van der Waals surface area contributed by atoms with E-state index in [2.05, 4.69) is 10.2 Å². The van der Waals surface area contributed by atoms with Crippen molar-refractivity contribution in [2.45, 2.75) is 55.3 Å². The van der Waals surface area contributed by atoms with E-state index in [0.717, 1.165) is 49.8 Å². The van der Waals surface area contributed by atoms with Gasteiger partial charge in [-0.15, -0.1) is 0 Å². The molecule has 2 heterocycles. The van der Waals surface area contributed by atoms with E-state index in [1.54, 1.807) is 6.07 Å². The van der Waals surface area contributed by atoms with Crippen molar-refractivity contribution >= 4 is 17.6 Å². The third-order valence-electron chi connectivity index (χ3n) is 9.43. The number of carbonyl (C=O) groups is 2. The van der Waals surface area contributed by atoms with Crippen LogP contribution in [-0.4, -0.2) is 70.0 Å². The summed E-state index contributed by atoms with van der Waals surface area (Å²) in [4.78, 5) is 28.2. The summed E-state index contributed by atoms with van der Waals surface area (Å²) in [5.74, 6) is -1.83. The lowest BCUT2D eigenvalue weighted by atomic mass is 9.49. The minimum absolute atomic E-state index is 0.00980. The molecule has 5 aliphatic rings. The lowest BCUT2D eigenvalue weighted by Crippen LogP contribution is -2.75. The minimum Gasteiger partial charge on any atom is -0.508 e. The molecule has 39 heavy (non-hydrogen) atoms. The number of aliphatic hydroxyl groups is 2. The Morgan fingerprint density at radius 3 is 2.77 bits per heavy atom. The number of rotatable bonds is 5. The summed E-state index contributed by atoms with van der Waals surface area (Å²) < 4.78 is 24.8. The Bertz CT molecular complexity index is 1470. The van der Waals surface area contributed by atoms with Crippen molar-refractivity contribution in [1.82, 2.24) is 4.90 Å². The van der Waals surface area contributed by atoms with Crippen molar-refractivity contribution in [1.29, 1.82) is 0 Å². The van der Waals surface area contributed by atoms with Gasteiger partial charge in [0, 0.05) is 24.6 Å². The van der Waals surface area contributed by atoms with Gasteiger partial charge in [0.15, 0.2) is 17.6 Å². The van der Waals surface area contributed by atoms with E-state index >= 15 is 0 Å². The van der Waals surface area contributed by atoms with Gasteiger partial charge >= 0.3 is 5.97 Å². The molecular formula is C29H29FN2O7. The van der Waals surface area contributed by atoms with Crippen LogP contribution in [0.1, 0.15) is 47.2 Å². The van der Waals surface area contributed by atoms with E-state index in [4.69, 9.17) is 9.47 Å². The molecule has 2 aromatic rings. The fourth-order valence-electron chi connectivity index (χ4n) is 7.47. The van der Waals surface area contributed by atoms with E-state index in [-0.39, 0.29) is 46.5 Å². The summed E-state index contributed by atoms with van der Waals surface area (Å²) >= 11 is 0. The zero-order valence-electron chi connectivity index (χ0n) is 21.4. The van der Waals surface area contributed by atoms with Gasteiger partial charge in [0.05, 0.1) is 34.9 Å². The van der Waals surface area contributed by atoms with Crippen molar-refractivity contribution < 1.29 is 38.8 Å². The van der Waals surface area contributed by atoms with Crippen LogP contribution >= 0.6 is 0 Å². The van der Waals surface area contributed by atoms with Gasteiger partial charge in [-0.2, -0.15) is 0 Å². The van der Waals surface area contributed by atoms with Crippen LogP contribution in [0.2, 0.25) is 0 Å². The first-order valence-corrected chi connectivity index (χ1v) is 13.3. The molecule has 0 aromatic heterocycles. The number of phenols is 1. The molecule has 1 saturated heterocycles. The highest BCUT2D eigenvalue weighted by Gasteiger charge is 2.73. The van der Waals surface area contributed by atoms with Crippen molar-refractivity contribution in [3.05, 3.63) is 64.2 Å². The number of piperidine rings is 1. The second-order valence-electron chi connectivity index (χ2n) is 11.4. The Morgan fingerprint density at radius 1 is 1.23 bits per heavy atom. The predicted octanol–water partition coefficient (Wildman–Crippen LogP) is 2.94. The third-order valence-corrected chi connectivity index (χ3v) is 9.43. The van der Waals surface area contributed by atoms with Crippen molar-refractivity contribution in [2.75, 3.05) is 25.5 Å². The molecule has 1 amide bonds. The molecule has 10 heteroatoms. The Hall–Kier alpha value is -3.63. The van der Waals surface area contributed by atoms with Crippen LogP contribution in [-0.2, 0) is 21.4 Å². The number of phenolic OH excluding ortho intramolecular Hbond substituents is 1. The number of halogens is 1. The molecule has 1 saturated carbocycles. The number of nitrogens with zero attached hydrogens (tertiary/aromatic N) is 1. The maximum absolute atomic E-state index is 13.9. The van der Waals surface area contributed by atoms with Crippen LogP contribution in [0.15, 0.2) is 41.7 Å². The number of amides is 1. The number of aliphatic hydroxyl groups excluding tert-OH is 1. The number of hydrogen-bond donors (Lipinski definition) is 4. The zero-order valence-corrected chi connectivity index (χ0v) is 21.4. The van der Waals surface area contributed by atoms with Crippen LogP contribution in [0, 0.1) is 11.7 Å². The lowest BCUT2D eigenvalue weighted by molar-refractivity contribution is -0.172. The molecule has 3 aliphatic carbocycles. The van der Waals surface area contributed by atoms with Crippen molar-refractivity contribution in [2.24, 2.45) is 5.92 Å². The largest absolute Gasteiger partial charge is 0.508 e. The van der Waals surface area contributed by atoms with E-state index < -0.39 is 34.8 Å². The fraction of sp³-hybridized carbons (Fsp3) is 0.448. The maximum Gasteiger partial charge on any atom is 0.340 e. The summed E-state index contributed by atoms with van der Waals surface area (Å²) in [6.07, 6.45) is 2.09. The molecule has 204 valence electrons. The molecule has 0 radical (unpaired) electrons. The van der Waals surface area contributed by atoms with Gasteiger partial charge in [-0.05, 0) is 68.0 Å². The van der Waals surface area contributed by atoms with Crippen LogP contribution < -0.4 is 10.1 Å². The number of methoxy groups -OCH3 is 1. The number of esters is 1. The Kier molecular flexibility index (Phi) is 5.13. The second-order valence-corrected chi connectivity index (χ2v) is 11.4. The number of nitrogens with one attached hydrogen (secondary N) is 1. The highest BCUT2D eigenvalue weighted by atomic mass is 19.1. The van der Waals surface area contributed by atoms with E-state index in [1.807, 2.05) is 6.07 Å². The number of aromatic hydroxyl groups is 1. The molecule has 9 nitrogen and oxygen atoms in total. The zero-order chi connectivity index (χ0) is 27.3. The van der Waals surface area contributed by atoms with E-state index in [9.17, 15) is 29.3 Å². The Balaban J connectivity index is 1.33. The standard InChI is InChI=1S/C29H29FN2O7/c1-38-27(36)17-11-16(30)5-6-19(17)31-26(35)18-12-29(37)21-10-15-4-7-20(33)24-22(15)28(29,25(39-24)23(18)34)8-9-32(21)13-14-2-3-14/h4-7,11,14,21,25,33-34,37H,2-3,8-10,12-13H2,1H3,(H,31,35)/t21-,25+,28+,29-/m1/s1. The van der Waals surface area contributed by atoms with Gasteiger partial charge < -0.3 is 30.1 Å². The van der Waals surface area contributed by atoms with Gasteiger partial charge in [0.2, 0.25) is 0 Å². The second kappa shape index (κ2) is 8.19. The topological polar surface area (TPSA) is 129 Å². The first kappa shape index (κ1) is 24.4. The van der Waals surface area contributed by atoms with Gasteiger partial charge in [0.25, 0.3) is 5.91 Å². The van der Waals surface area contributed by atoms with E-state index in [1.165, 1.54) is 6.07 Å². The summed E-state index contributed by atoms with van der Waals surface area (Å²) in [6.45, 7) is 1.55. The predicted molar refractivity (Wildman–Crippen MR) is 136 cm³/mol. The monoisotopic (exact) mass is 536 g/mol. The number of anilines is 1. The number of carbonyl (C=O) groups excluding carboxylic acids is 2. The summed E-state index contributed by atoms with van der Waals surface area (Å²) in [6, 6.07) is 6.41. The average molecular weight is 537 g/mol. The first-order valence-electron chi connectivity index (χ1n) is 13.3. The number of likely N-dealkylation sites (tertiary alicyclic amines) is 1. The number of ether oxygens (including phenoxy) is 2. The van der Waals surface area contributed by atoms with Gasteiger partial charge in [-0.1, -0.05) is 6.07 Å². The minimum atomic E-state index is -1.47. The molecule has 2 aromatic carbocycles. The molecule has 2 bridgehead atoms. The van der Waals surface area contributed by atoms with Gasteiger partial charge in [-0.25, -0.2) is 9.18 Å². The first-order chi connectivity index (χ1) is 18.7. The maximum atomic E-state index is 13.9. The third kappa shape index (κ3) is 3.24. The van der Waals surface area contributed by atoms with Crippen LogP contribution in [0.5, 0.6) is 11.5 Å². The molecule has 4 atom stereocenters. The highest BCUT2D eigenvalue weighted by molar-refractivity contribution is 6.08. The molecule has 0 unspecified atom stereocenters. The van der Waals surface area contributed by atoms with Gasteiger partial charge in [-0.3, -0.25) is 9.69 Å². The smallest absolute Gasteiger partial charge is 0.340 e. The average Bonchev–Trinajstić information content (AvgIpc) is 3.66. The lowest BCUT2D eigenvalue weighted by Gasteiger charge is -2.62. The molecular weight excluding hydrogens is 507 g/mol. The Labute approximate surface area is 223 Å². The normalized spacial score (nSPS) is 30.4. The molecule has 4 N–H and O–H groups in total. The van der Waals surface area contributed by atoms with Crippen molar-refractivity contribution in [3.63, 3.8) is 0 Å². The van der Waals surface area contributed by atoms with Crippen LogP contribution in [0.4, 0.5) is 10.1 Å². The fourth-order valence-corrected chi connectivity index (χ4v) is 7.47. The van der Waals surface area contributed by atoms with Crippen LogP contribution in [0.25, 0.3) is 0 Å². The molecule has 2 aliphatic heterocycles. The number of benzene rings is 2. The summed E-state index contributed by atoms with van der Waals surface area (Å²) in [7, 11) is 1.15. The summed E-state index contributed by atoms with van der Waals surface area (Å²) in [5.41, 5.74) is -1.06.